The van der Waals surface area contributed by atoms with Gasteiger partial charge in [0.05, 0.1) is 0 Å². The molecule has 2 rings (SSSR count). The molecule has 0 aliphatic rings. The lowest BCUT2D eigenvalue weighted by Gasteiger charge is -2.14. The highest BCUT2D eigenvalue weighted by molar-refractivity contribution is 5.96. The van der Waals surface area contributed by atoms with Crippen LogP contribution in [0.4, 0.5) is 5.69 Å². The van der Waals surface area contributed by atoms with Crippen molar-refractivity contribution in [1.82, 2.24) is 4.98 Å². The first-order valence-electron chi connectivity index (χ1n) is 6.44. The van der Waals surface area contributed by atoms with Gasteiger partial charge in [0.1, 0.15) is 18.1 Å². The number of nitrogens with two attached hydrogens (primary N) is 1. The molecule has 1 heterocycles. The van der Waals surface area contributed by atoms with Gasteiger partial charge < -0.3 is 20.6 Å². The highest BCUT2D eigenvalue weighted by Gasteiger charge is 2.09. The average molecular weight is 286 g/mol. The van der Waals surface area contributed by atoms with Crippen molar-refractivity contribution in [3.8, 4) is 5.75 Å². The third-order valence-electron chi connectivity index (χ3n) is 2.97. The third-order valence-corrected chi connectivity index (χ3v) is 2.97. The molecule has 0 saturated carbocycles. The van der Waals surface area contributed by atoms with Gasteiger partial charge in [-0.15, -0.1) is 0 Å². The minimum Gasteiger partial charge on any atom is -0.489 e. The maximum atomic E-state index is 8.77. The zero-order valence-corrected chi connectivity index (χ0v) is 12.0. The van der Waals surface area contributed by atoms with Crippen LogP contribution in [0.5, 0.6) is 5.75 Å². The average Bonchev–Trinajstić information content (AvgIpc) is 2.52. The van der Waals surface area contributed by atoms with Gasteiger partial charge >= 0.3 is 0 Å². The Kier molecular flexibility index (Phi) is 4.61. The Morgan fingerprint density at radius 1 is 1.33 bits per heavy atom. The van der Waals surface area contributed by atoms with Crippen LogP contribution in [0.2, 0.25) is 0 Å². The number of nitrogens with zero attached hydrogens (tertiary/aromatic N) is 3. The number of benzene rings is 1. The maximum Gasteiger partial charge on any atom is 0.189 e. The fourth-order valence-corrected chi connectivity index (χ4v) is 1.85. The van der Waals surface area contributed by atoms with E-state index < -0.39 is 0 Å². The lowest BCUT2D eigenvalue weighted by molar-refractivity contribution is 0.304. The zero-order chi connectivity index (χ0) is 15.2. The molecule has 0 fully saturated rings. The predicted octanol–water partition coefficient (Wildman–Crippen LogP) is 1.82. The van der Waals surface area contributed by atoms with Crippen LogP contribution in [0.15, 0.2) is 47.8 Å². The summed E-state index contributed by atoms with van der Waals surface area (Å²) < 4.78 is 5.76. The van der Waals surface area contributed by atoms with Crippen LogP contribution in [-0.2, 0) is 6.61 Å². The van der Waals surface area contributed by atoms with Crippen molar-refractivity contribution < 1.29 is 9.94 Å². The molecule has 0 unspecified atom stereocenters. The summed E-state index contributed by atoms with van der Waals surface area (Å²) >= 11 is 0. The fourth-order valence-electron chi connectivity index (χ4n) is 1.85. The molecular weight excluding hydrogens is 268 g/mol. The van der Waals surface area contributed by atoms with Gasteiger partial charge in [0.25, 0.3) is 0 Å². The lowest BCUT2D eigenvalue weighted by atomic mass is 10.2. The van der Waals surface area contributed by atoms with Crippen molar-refractivity contribution in [3.05, 3.63) is 53.9 Å². The van der Waals surface area contributed by atoms with E-state index in [0.717, 1.165) is 17.0 Å². The quantitative estimate of drug-likeness (QED) is 0.379. The Balaban J connectivity index is 2.15. The van der Waals surface area contributed by atoms with Crippen molar-refractivity contribution in [2.24, 2.45) is 10.9 Å². The molecule has 6 nitrogen and oxygen atoms in total. The molecule has 3 N–H and O–H groups in total. The number of amidine groups is 1. The fraction of sp³-hybridized carbons (Fsp3) is 0.200. The number of pyridine rings is 1. The first-order chi connectivity index (χ1) is 10.1. The van der Waals surface area contributed by atoms with E-state index in [0.29, 0.717) is 5.69 Å². The van der Waals surface area contributed by atoms with Gasteiger partial charge in [0.2, 0.25) is 0 Å². The van der Waals surface area contributed by atoms with Crippen molar-refractivity contribution in [1.29, 1.82) is 0 Å². The van der Waals surface area contributed by atoms with Gasteiger partial charge in [-0.1, -0.05) is 17.3 Å². The van der Waals surface area contributed by atoms with E-state index in [-0.39, 0.29) is 12.4 Å². The van der Waals surface area contributed by atoms with Crippen LogP contribution < -0.4 is 15.4 Å². The molecule has 2 aromatic rings. The van der Waals surface area contributed by atoms with Crippen LogP contribution in [0.3, 0.4) is 0 Å². The maximum absolute atomic E-state index is 8.77. The van der Waals surface area contributed by atoms with E-state index >= 15 is 0 Å². The van der Waals surface area contributed by atoms with Crippen LogP contribution in [-0.4, -0.2) is 30.1 Å². The number of oxime groups is 1. The van der Waals surface area contributed by atoms with Gasteiger partial charge in [-0.25, -0.2) is 0 Å². The Bertz CT molecular complexity index is 641. The van der Waals surface area contributed by atoms with Crippen LogP contribution in [0.1, 0.15) is 11.3 Å². The summed E-state index contributed by atoms with van der Waals surface area (Å²) in [6.07, 6.45) is 1.59. The lowest BCUT2D eigenvalue weighted by Crippen LogP contribution is -2.18. The molecule has 0 saturated heterocycles. The van der Waals surface area contributed by atoms with E-state index in [9.17, 15) is 0 Å². The molecule has 0 aliphatic heterocycles. The van der Waals surface area contributed by atoms with Gasteiger partial charge in [0, 0.05) is 37.6 Å². The van der Waals surface area contributed by atoms with Gasteiger partial charge in [-0.05, 0) is 18.2 Å². The topological polar surface area (TPSA) is 84.0 Å². The summed E-state index contributed by atoms with van der Waals surface area (Å²) in [5, 5.41) is 11.8. The summed E-state index contributed by atoms with van der Waals surface area (Å²) in [7, 11) is 3.94. The number of anilines is 1. The number of rotatable bonds is 5. The molecule has 21 heavy (non-hydrogen) atoms. The van der Waals surface area contributed by atoms with E-state index in [2.05, 4.69) is 10.1 Å². The summed E-state index contributed by atoms with van der Waals surface area (Å²) in [4.78, 5) is 6.10. The van der Waals surface area contributed by atoms with E-state index in [1.807, 2.05) is 49.3 Å². The van der Waals surface area contributed by atoms with E-state index in [1.165, 1.54) is 0 Å². The molecule has 1 aromatic heterocycles. The molecule has 0 spiro atoms. The number of hydrogen-bond donors (Lipinski definition) is 2. The standard InChI is InChI=1S/C15H18N4O2/c1-19(2)12-6-3-7-13(9-12)21-10-11-5-4-8-17-14(11)15(16)18-20/h3-9,20H,10H2,1-2H3,(H2,16,18). The minimum atomic E-state index is -0.0313. The molecule has 0 aliphatic carbocycles. The smallest absolute Gasteiger partial charge is 0.189 e. The second-order valence-corrected chi connectivity index (χ2v) is 4.68. The van der Waals surface area contributed by atoms with Crippen LogP contribution >= 0.6 is 0 Å². The van der Waals surface area contributed by atoms with Gasteiger partial charge in [0.15, 0.2) is 5.84 Å². The highest BCUT2D eigenvalue weighted by Crippen LogP contribution is 2.20. The van der Waals surface area contributed by atoms with E-state index in [4.69, 9.17) is 15.7 Å². The van der Waals surface area contributed by atoms with Crippen LogP contribution in [0, 0.1) is 0 Å². The third kappa shape index (κ3) is 3.62. The number of ether oxygens (including phenoxy) is 1. The Morgan fingerprint density at radius 3 is 2.86 bits per heavy atom. The predicted molar refractivity (Wildman–Crippen MR) is 81.8 cm³/mol. The highest BCUT2D eigenvalue weighted by atomic mass is 16.5. The SMILES string of the molecule is CN(C)c1cccc(OCc2cccnc2C(N)=NO)c1. The normalized spacial score (nSPS) is 11.2. The Morgan fingerprint density at radius 2 is 2.14 bits per heavy atom. The summed E-state index contributed by atoms with van der Waals surface area (Å²) in [5.41, 5.74) is 7.83. The van der Waals surface area contributed by atoms with Crippen molar-refractivity contribution in [2.45, 2.75) is 6.61 Å². The molecule has 1 aromatic carbocycles. The minimum absolute atomic E-state index is 0.0313. The summed E-state index contributed by atoms with van der Waals surface area (Å²) in [5.74, 6) is 0.715. The van der Waals surface area contributed by atoms with Crippen molar-refractivity contribution in [3.63, 3.8) is 0 Å². The molecule has 0 radical (unpaired) electrons. The molecule has 0 atom stereocenters. The number of aromatic nitrogens is 1. The first-order valence-corrected chi connectivity index (χ1v) is 6.44. The Labute approximate surface area is 123 Å². The van der Waals surface area contributed by atoms with Gasteiger partial charge in [-0.3, -0.25) is 4.98 Å². The second-order valence-electron chi connectivity index (χ2n) is 4.68. The second kappa shape index (κ2) is 6.60. The monoisotopic (exact) mass is 286 g/mol. The Hall–Kier alpha value is -2.76. The largest absolute Gasteiger partial charge is 0.489 e. The first kappa shape index (κ1) is 14.6. The number of hydrogen-bond acceptors (Lipinski definition) is 5. The molecular formula is C15H18N4O2. The van der Waals surface area contributed by atoms with Crippen molar-refractivity contribution in [2.75, 3.05) is 19.0 Å². The zero-order valence-electron chi connectivity index (χ0n) is 12.0. The van der Waals surface area contributed by atoms with E-state index in [1.54, 1.807) is 12.3 Å². The molecule has 110 valence electrons. The van der Waals surface area contributed by atoms with Crippen LogP contribution in [0.25, 0.3) is 0 Å². The summed E-state index contributed by atoms with van der Waals surface area (Å²) in [6.45, 7) is 0.288. The molecule has 0 bridgehead atoms. The summed E-state index contributed by atoms with van der Waals surface area (Å²) in [6, 6.07) is 11.4. The molecule has 6 heteroatoms. The van der Waals surface area contributed by atoms with Crippen molar-refractivity contribution >= 4 is 11.5 Å². The van der Waals surface area contributed by atoms with Gasteiger partial charge in [-0.2, -0.15) is 0 Å². The molecule has 0 amide bonds.